The Morgan fingerprint density at radius 2 is 1.85 bits per heavy atom. The maximum Gasteiger partial charge on any atom is 0.163 e. The number of allylic oxidation sites excluding steroid dienone is 1. The minimum atomic E-state index is 0.0882. The zero-order valence-corrected chi connectivity index (χ0v) is 17.6. The van der Waals surface area contributed by atoms with Crippen molar-refractivity contribution in [2.24, 2.45) is 29.1 Å². The highest BCUT2D eigenvalue weighted by Gasteiger charge is 2.53. The Hall–Kier alpha value is -1.02. The van der Waals surface area contributed by atoms with Crippen LogP contribution in [0.3, 0.4) is 0 Å². The van der Waals surface area contributed by atoms with Crippen molar-refractivity contribution in [2.75, 3.05) is 6.26 Å². The minimum Gasteiger partial charge on any atom is -0.294 e. The molecule has 4 aliphatic carbocycles. The summed E-state index contributed by atoms with van der Waals surface area (Å²) in [7, 11) is 0. The van der Waals surface area contributed by atoms with Crippen molar-refractivity contribution in [2.45, 2.75) is 69.1 Å². The number of thioether (sulfide) groups is 1. The van der Waals surface area contributed by atoms with Gasteiger partial charge in [-0.05, 0) is 104 Å². The van der Waals surface area contributed by atoms with E-state index in [9.17, 15) is 4.79 Å². The third kappa shape index (κ3) is 2.94. The van der Waals surface area contributed by atoms with E-state index in [1.807, 2.05) is 0 Å². The van der Waals surface area contributed by atoms with Gasteiger partial charge in [0.25, 0.3) is 0 Å². The standard InChI is InChI=1S/C25H32OS/c1-25-12-3-4-23(25)20-10-7-17-14-24(26)22(15-21(17)19(20)11-13-25)16-5-8-18(27-2)9-6-16/h5-6,8-9,14,19-23H,3-4,7,10-13,15H2,1-2H3/t19-,20+,21-,22?,23-,25-/m0/s1. The Bertz CT molecular complexity index is 763. The van der Waals surface area contributed by atoms with E-state index in [4.69, 9.17) is 0 Å². The molecule has 0 aliphatic heterocycles. The molecule has 1 unspecified atom stereocenters. The van der Waals surface area contributed by atoms with Gasteiger partial charge in [-0.3, -0.25) is 4.79 Å². The second kappa shape index (κ2) is 6.79. The van der Waals surface area contributed by atoms with Gasteiger partial charge in [0.15, 0.2) is 5.78 Å². The van der Waals surface area contributed by atoms with Gasteiger partial charge in [0, 0.05) is 10.8 Å². The number of carbonyl (C=O) groups is 1. The molecule has 144 valence electrons. The van der Waals surface area contributed by atoms with Crippen molar-refractivity contribution < 1.29 is 4.79 Å². The molecule has 2 heteroatoms. The van der Waals surface area contributed by atoms with Gasteiger partial charge in [-0.25, -0.2) is 0 Å². The lowest BCUT2D eigenvalue weighted by Gasteiger charge is -2.53. The zero-order valence-electron chi connectivity index (χ0n) is 16.7. The lowest BCUT2D eigenvalue weighted by atomic mass is 9.52. The zero-order chi connectivity index (χ0) is 18.6. The number of benzene rings is 1. The van der Waals surface area contributed by atoms with Gasteiger partial charge in [0.05, 0.1) is 0 Å². The highest BCUT2D eigenvalue weighted by atomic mass is 32.2. The van der Waals surface area contributed by atoms with Gasteiger partial charge in [-0.1, -0.05) is 31.1 Å². The van der Waals surface area contributed by atoms with Gasteiger partial charge in [-0.2, -0.15) is 0 Å². The summed E-state index contributed by atoms with van der Waals surface area (Å²) in [5.74, 6) is 3.82. The number of carbonyl (C=O) groups excluding carboxylic acids is 1. The SMILES string of the molecule is CSc1ccc(C2C[C@H]3C(=CC2=O)CC[C@@H]2[C@@H]3CC[C@]3(C)CCC[C@@H]23)cc1. The predicted molar refractivity (Wildman–Crippen MR) is 113 cm³/mol. The summed E-state index contributed by atoms with van der Waals surface area (Å²) < 4.78 is 0. The van der Waals surface area contributed by atoms with Crippen molar-refractivity contribution in [3.05, 3.63) is 41.5 Å². The molecule has 1 aromatic carbocycles. The Morgan fingerprint density at radius 3 is 2.63 bits per heavy atom. The van der Waals surface area contributed by atoms with Crippen LogP contribution in [-0.4, -0.2) is 12.0 Å². The van der Waals surface area contributed by atoms with Crippen molar-refractivity contribution >= 4 is 17.5 Å². The van der Waals surface area contributed by atoms with E-state index in [1.165, 1.54) is 61.0 Å². The van der Waals surface area contributed by atoms with Crippen LogP contribution < -0.4 is 0 Å². The largest absolute Gasteiger partial charge is 0.294 e. The summed E-state index contributed by atoms with van der Waals surface area (Å²) in [6, 6.07) is 8.76. The summed E-state index contributed by atoms with van der Waals surface area (Å²) in [4.78, 5) is 14.2. The van der Waals surface area contributed by atoms with Crippen LogP contribution in [0.15, 0.2) is 40.8 Å². The smallest absolute Gasteiger partial charge is 0.163 e. The first-order chi connectivity index (χ1) is 13.1. The fourth-order valence-electron chi connectivity index (χ4n) is 7.31. The molecule has 6 atom stereocenters. The van der Waals surface area contributed by atoms with E-state index in [1.54, 1.807) is 11.8 Å². The topological polar surface area (TPSA) is 17.1 Å². The molecule has 3 fully saturated rings. The lowest BCUT2D eigenvalue weighted by Crippen LogP contribution is -2.45. The summed E-state index contributed by atoms with van der Waals surface area (Å²) in [5, 5.41) is 0. The Balaban J connectivity index is 1.42. The number of rotatable bonds is 2. The van der Waals surface area contributed by atoms with Crippen LogP contribution in [0.1, 0.15) is 69.8 Å². The molecule has 4 aliphatic rings. The Labute approximate surface area is 168 Å². The molecule has 0 heterocycles. The summed E-state index contributed by atoms with van der Waals surface area (Å²) in [6.07, 6.45) is 14.9. The summed E-state index contributed by atoms with van der Waals surface area (Å²) in [6.45, 7) is 2.58. The minimum absolute atomic E-state index is 0.0882. The van der Waals surface area contributed by atoms with E-state index in [0.717, 1.165) is 24.2 Å². The van der Waals surface area contributed by atoms with E-state index in [-0.39, 0.29) is 5.92 Å². The molecule has 0 bridgehead atoms. The van der Waals surface area contributed by atoms with Crippen molar-refractivity contribution in [3.8, 4) is 0 Å². The van der Waals surface area contributed by atoms with Crippen LogP contribution in [0.4, 0.5) is 0 Å². The molecular weight excluding hydrogens is 348 g/mol. The molecule has 0 spiro atoms. The summed E-state index contributed by atoms with van der Waals surface area (Å²) in [5.41, 5.74) is 3.36. The molecule has 3 saturated carbocycles. The molecule has 0 radical (unpaired) electrons. The first-order valence-corrected chi connectivity index (χ1v) is 12.2. The van der Waals surface area contributed by atoms with Gasteiger partial charge in [0.2, 0.25) is 0 Å². The first kappa shape index (κ1) is 18.0. The maximum atomic E-state index is 12.9. The van der Waals surface area contributed by atoms with Crippen LogP contribution in [0.25, 0.3) is 0 Å². The predicted octanol–water partition coefficient (Wildman–Crippen LogP) is 6.63. The van der Waals surface area contributed by atoms with Crippen LogP contribution in [-0.2, 0) is 4.79 Å². The molecular formula is C25H32OS. The quantitative estimate of drug-likeness (QED) is 0.535. The number of fused-ring (bicyclic) bond motifs is 5. The molecule has 0 amide bonds. The number of ketones is 1. The normalized spacial score (nSPS) is 40.7. The monoisotopic (exact) mass is 380 g/mol. The Morgan fingerprint density at radius 1 is 1.04 bits per heavy atom. The van der Waals surface area contributed by atoms with Gasteiger partial charge in [0.1, 0.15) is 0 Å². The van der Waals surface area contributed by atoms with Gasteiger partial charge in [-0.15, -0.1) is 11.8 Å². The first-order valence-electron chi connectivity index (χ1n) is 11.0. The second-order valence-corrected chi connectivity index (χ2v) is 10.7. The van der Waals surface area contributed by atoms with Crippen LogP contribution in [0, 0.1) is 29.1 Å². The van der Waals surface area contributed by atoms with E-state index < -0.39 is 0 Å². The molecule has 1 aromatic rings. The molecule has 0 aromatic heterocycles. The number of hydrogen-bond acceptors (Lipinski definition) is 2. The van der Waals surface area contributed by atoms with Crippen LogP contribution in [0.2, 0.25) is 0 Å². The molecule has 0 N–H and O–H groups in total. The third-order valence-corrected chi connectivity index (χ3v) is 9.46. The number of hydrogen-bond donors (Lipinski definition) is 0. The second-order valence-electron chi connectivity index (χ2n) is 9.85. The van der Waals surface area contributed by atoms with Crippen molar-refractivity contribution in [1.29, 1.82) is 0 Å². The van der Waals surface area contributed by atoms with E-state index >= 15 is 0 Å². The van der Waals surface area contributed by atoms with Gasteiger partial charge >= 0.3 is 0 Å². The molecule has 1 nitrogen and oxygen atoms in total. The Kier molecular flexibility index (Phi) is 4.54. The fraction of sp³-hybridized carbons (Fsp3) is 0.640. The fourth-order valence-corrected chi connectivity index (χ4v) is 7.72. The van der Waals surface area contributed by atoms with Crippen LogP contribution >= 0.6 is 11.8 Å². The molecule has 5 rings (SSSR count). The van der Waals surface area contributed by atoms with E-state index in [0.29, 0.717) is 17.1 Å². The van der Waals surface area contributed by atoms with Crippen molar-refractivity contribution in [1.82, 2.24) is 0 Å². The molecule has 27 heavy (non-hydrogen) atoms. The highest BCUT2D eigenvalue weighted by Crippen LogP contribution is 2.62. The third-order valence-electron chi connectivity index (χ3n) is 8.71. The van der Waals surface area contributed by atoms with Gasteiger partial charge < -0.3 is 0 Å². The highest BCUT2D eigenvalue weighted by molar-refractivity contribution is 7.98. The average Bonchev–Trinajstić information content (AvgIpc) is 3.09. The maximum absolute atomic E-state index is 12.9. The van der Waals surface area contributed by atoms with Crippen LogP contribution in [0.5, 0.6) is 0 Å². The van der Waals surface area contributed by atoms with E-state index in [2.05, 4.69) is 43.5 Å². The average molecular weight is 381 g/mol. The lowest BCUT2D eigenvalue weighted by molar-refractivity contribution is -0.117. The molecule has 0 saturated heterocycles. The van der Waals surface area contributed by atoms with Crippen molar-refractivity contribution in [3.63, 3.8) is 0 Å². The summed E-state index contributed by atoms with van der Waals surface area (Å²) >= 11 is 1.77.